The van der Waals surface area contributed by atoms with E-state index in [0.29, 0.717) is 13.0 Å². The Labute approximate surface area is 301 Å². The topological polar surface area (TPSA) is 130 Å². The predicted molar refractivity (Wildman–Crippen MR) is 199 cm³/mol. The summed E-state index contributed by atoms with van der Waals surface area (Å²) in [4.78, 5) is 39.2. The molecule has 0 unspecified atom stereocenters. The van der Waals surface area contributed by atoms with E-state index in [1.165, 1.54) is 29.1 Å². The van der Waals surface area contributed by atoms with Gasteiger partial charge in [-0.05, 0) is 44.4 Å². The van der Waals surface area contributed by atoms with Crippen molar-refractivity contribution in [1.29, 1.82) is 0 Å². The number of imide groups is 1. The van der Waals surface area contributed by atoms with E-state index in [9.17, 15) is 27.4 Å². The lowest BCUT2D eigenvalue weighted by molar-refractivity contribution is -0.437. The van der Waals surface area contributed by atoms with Crippen molar-refractivity contribution in [2.75, 3.05) is 36.8 Å². The van der Waals surface area contributed by atoms with Crippen LogP contribution in [0.3, 0.4) is 0 Å². The highest BCUT2D eigenvalue weighted by molar-refractivity contribution is 7.85. The van der Waals surface area contributed by atoms with Crippen LogP contribution in [0.4, 0.5) is 11.4 Å². The van der Waals surface area contributed by atoms with Crippen molar-refractivity contribution < 1.29 is 31.9 Å². The molecule has 2 aromatic rings. The van der Waals surface area contributed by atoms with E-state index in [0.717, 1.165) is 47.7 Å². The number of nitrogens with one attached hydrogen (secondary N) is 1. The Morgan fingerprint density at radius 1 is 0.824 bits per heavy atom. The lowest BCUT2D eigenvalue weighted by atomic mass is 9.81. The number of para-hydroxylation sites is 2. The molecule has 5 rings (SSSR count). The van der Waals surface area contributed by atoms with Crippen LogP contribution in [0.25, 0.3) is 0 Å². The zero-order valence-electron chi connectivity index (χ0n) is 29.9. The molecule has 3 amide bonds. The summed E-state index contributed by atoms with van der Waals surface area (Å²) in [5.41, 5.74) is 6.37. The lowest BCUT2D eigenvalue weighted by Crippen LogP contribution is -2.38. The van der Waals surface area contributed by atoms with Crippen molar-refractivity contribution in [1.82, 2.24) is 10.2 Å². The molecule has 3 aliphatic rings. The van der Waals surface area contributed by atoms with E-state index in [1.54, 1.807) is 0 Å². The van der Waals surface area contributed by atoms with Gasteiger partial charge in [0.25, 0.3) is 11.8 Å². The third kappa shape index (κ3) is 8.65. The molecule has 270 valence electrons. The molecule has 3 aliphatic heterocycles. The zero-order valence-corrected chi connectivity index (χ0v) is 30.7. The van der Waals surface area contributed by atoms with Crippen molar-refractivity contribution in [2.45, 2.75) is 70.6 Å². The number of carbonyl (C=O) groups excluding carboxylic acids is 3. The fourth-order valence-electron chi connectivity index (χ4n) is 7.30. The predicted octanol–water partition coefficient (Wildman–Crippen LogP) is 5.39. The van der Waals surface area contributed by atoms with E-state index in [4.69, 9.17) is 0 Å². The molecule has 51 heavy (non-hydrogen) atoms. The third-order valence-corrected chi connectivity index (χ3v) is 10.7. The van der Waals surface area contributed by atoms with E-state index in [-0.39, 0.29) is 48.1 Å². The van der Waals surface area contributed by atoms with Gasteiger partial charge in [-0.1, -0.05) is 74.9 Å². The lowest BCUT2D eigenvalue weighted by Gasteiger charge is -2.27. The first kappa shape index (κ1) is 37.6. The van der Waals surface area contributed by atoms with E-state index >= 15 is 0 Å². The average molecular weight is 713 g/mol. The molecule has 0 aromatic heterocycles. The molecular weight excluding hydrogens is 665 g/mol. The van der Waals surface area contributed by atoms with Crippen LogP contribution in [0.1, 0.15) is 70.9 Å². The maximum Gasteiger partial charge on any atom is 0.253 e. The molecule has 1 N–H and O–H groups in total. The van der Waals surface area contributed by atoms with Gasteiger partial charge >= 0.3 is 0 Å². The van der Waals surface area contributed by atoms with Crippen molar-refractivity contribution in [3.63, 3.8) is 0 Å². The van der Waals surface area contributed by atoms with Crippen molar-refractivity contribution >= 4 is 44.9 Å². The highest BCUT2D eigenvalue weighted by Crippen LogP contribution is 2.47. The van der Waals surface area contributed by atoms with E-state index in [1.807, 2.05) is 30.4 Å². The second-order valence-corrected chi connectivity index (χ2v) is 15.7. The highest BCUT2D eigenvalue weighted by Gasteiger charge is 2.44. The zero-order chi connectivity index (χ0) is 36.8. The van der Waals surface area contributed by atoms with Crippen LogP contribution in [0.5, 0.6) is 0 Å². The van der Waals surface area contributed by atoms with Gasteiger partial charge in [-0.3, -0.25) is 19.3 Å². The summed E-state index contributed by atoms with van der Waals surface area (Å²) in [7, 11) is -4.29. The Balaban J connectivity index is 1.22. The first-order valence-corrected chi connectivity index (χ1v) is 19.2. The molecule has 3 heterocycles. The number of unbranched alkanes of at least 4 members (excludes halogenated alkanes) is 2. The number of carbonyl (C=O) groups is 3. The minimum absolute atomic E-state index is 0.0879. The van der Waals surface area contributed by atoms with Crippen LogP contribution in [-0.4, -0.2) is 77.8 Å². The summed E-state index contributed by atoms with van der Waals surface area (Å²) >= 11 is 0. The minimum Gasteiger partial charge on any atom is -0.748 e. The molecular formula is C40H48N4O6S. The second-order valence-electron chi connectivity index (χ2n) is 14.2. The van der Waals surface area contributed by atoms with Crippen LogP contribution in [0, 0.1) is 0 Å². The smallest absolute Gasteiger partial charge is 0.253 e. The summed E-state index contributed by atoms with van der Waals surface area (Å²) in [5, 5.41) is 2.81. The Morgan fingerprint density at radius 2 is 1.51 bits per heavy atom. The molecule has 2 aromatic carbocycles. The quantitative estimate of drug-likeness (QED) is 0.0812. The van der Waals surface area contributed by atoms with Gasteiger partial charge < -0.3 is 14.8 Å². The summed E-state index contributed by atoms with van der Waals surface area (Å²) in [6.07, 6.45) is 15.9. The molecule has 0 spiro atoms. The maximum atomic E-state index is 12.4. The molecule has 0 fully saturated rings. The standard InChI is InChI=1S/C40H48N4O6S/c1-39(2)30-16-10-12-18-32(30)42(26-14-6-9-22-36(45)41-25-28-44-37(46)23-24-38(44)47)34(39)20-7-5-8-21-35-40(3,4)31-17-11-13-19-33(31)43(35)27-15-29-51(48,49)50/h5,7-8,10-13,16-21,23-24H,6,9,14-15,22,25-29H2,1-4H3,(H-,41,45,48,49,50). The monoisotopic (exact) mass is 712 g/mol. The van der Waals surface area contributed by atoms with E-state index < -0.39 is 15.9 Å². The van der Waals surface area contributed by atoms with Gasteiger partial charge in [0.15, 0.2) is 5.71 Å². The molecule has 0 bridgehead atoms. The molecule has 0 saturated heterocycles. The van der Waals surface area contributed by atoms with Crippen LogP contribution < -0.4 is 10.2 Å². The van der Waals surface area contributed by atoms with Crippen LogP contribution in [-0.2, 0) is 35.3 Å². The summed E-state index contributed by atoms with van der Waals surface area (Å²) < 4.78 is 36.0. The largest absolute Gasteiger partial charge is 0.748 e. The van der Waals surface area contributed by atoms with Crippen LogP contribution in [0.2, 0.25) is 0 Å². The Bertz CT molecular complexity index is 1920. The number of allylic oxidation sites excluding steroid dienone is 6. The Morgan fingerprint density at radius 3 is 2.24 bits per heavy atom. The molecule has 0 aliphatic carbocycles. The second kappa shape index (κ2) is 15.7. The highest BCUT2D eigenvalue weighted by atomic mass is 32.2. The fourth-order valence-corrected chi connectivity index (χ4v) is 7.78. The molecule has 0 saturated carbocycles. The number of hydrogen-bond acceptors (Lipinski definition) is 7. The van der Waals surface area contributed by atoms with Crippen molar-refractivity contribution in [2.24, 2.45) is 0 Å². The van der Waals surface area contributed by atoms with Crippen molar-refractivity contribution in [3.05, 3.63) is 108 Å². The van der Waals surface area contributed by atoms with Gasteiger partial charge in [0.2, 0.25) is 11.6 Å². The van der Waals surface area contributed by atoms with E-state index in [2.05, 4.69) is 91.0 Å². The number of anilines is 1. The van der Waals surface area contributed by atoms with Gasteiger partial charge in [0, 0.05) is 84.9 Å². The molecule has 11 heteroatoms. The number of rotatable bonds is 16. The van der Waals surface area contributed by atoms with Gasteiger partial charge in [-0.2, -0.15) is 4.58 Å². The SMILES string of the molecule is CC1(C)C(/C=C/C=C/C=C2/N(CCCCCC(=O)NCCN3C(=O)C=CC3=O)c3ccccc3C2(C)C)=[N+](CCCS(=O)(=O)[O-])c2ccccc21. The Kier molecular flexibility index (Phi) is 11.6. The fraction of sp³-hybridized carbons (Fsp3) is 0.400. The van der Waals surface area contributed by atoms with Crippen molar-refractivity contribution in [3.8, 4) is 0 Å². The number of nitrogens with zero attached hydrogens (tertiary/aromatic N) is 3. The van der Waals surface area contributed by atoms with Crippen LogP contribution in [0.15, 0.2) is 96.8 Å². The summed E-state index contributed by atoms with van der Waals surface area (Å²) in [6, 6.07) is 16.6. The number of fused-ring (bicyclic) bond motifs is 2. The van der Waals surface area contributed by atoms with Gasteiger partial charge in [-0.15, -0.1) is 0 Å². The first-order valence-electron chi connectivity index (χ1n) is 17.6. The van der Waals surface area contributed by atoms with Gasteiger partial charge in [0.05, 0.1) is 15.5 Å². The van der Waals surface area contributed by atoms with Gasteiger partial charge in [0.1, 0.15) is 6.54 Å². The first-order chi connectivity index (χ1) is 24.2. The number of benzene rings is 2. The summed E-state index contributed by atoms with van der Waals surface area (Å²) in [5.74, 6) is -1.18. The molecule has 0 atom stereocenters. The van der Waals surface area contributed by atoms with Gasteiger partial charge in [-0.25, -0.2) is 8.42 Å². The summed E-state index contributed by atoms with van der Waals surface area (Å²) in [6.45, 7) is 10.4. The Hall–Kier alpha value is -4.61. The number of hydrogen-bond donors (Lipinski definition) is 1. The van der Waals surface area contributed by atoms with Crippen LogP contribution >= 0.6 is 0 Å². The number of amides is 3. The molecule has 10 nitrogen and oxygen atoms in total. The third-order valence-electron chi connectivity index (χ3n) is 9.95. The molecule has 0 radical (unpaired) electrons. The normalized spacial score (nSPS) is 18.6. The average Bonchev–Trinajstić information content (AvgIpc) is 3.59. The minimum atomic E-state index is -4.29. The maximum absolute atomic E-state index is 12.4.